The van der Waals surface area contributed by atoms with E-state index in [0.717, 1.165) is 4.60 Å². The van der Waals surface area contributed by atoms with Crippen molar-refractivity contribution in [2.24, 2.45) is 0 Å². The summed E-state index contributed by atoms with van der Waals surface area (Å²) in [5, 5.41) is 0. The molecule has 0 unspecified atom stereocenters. The van der Waals surface area contributed by atoms with E-state index in [1.807, 2.05) is 12.3 Å². The standard InChI is InChI=1S/C13H19BrN2/c1-10(2)16-8-4-3-5-12(16)11-6-7-13(14)15-9-11/h6-7,9-10,12H,3-5,8H2,1-2H3/t12-/m0/s1. The van der Waals surface area contributed by atoms with Crippen molar-refractivity contribution in [3.05, 3.63) is 28.5 Å². The predicted octanol–water partition coefficient (Wildman–Crippen LogP) is 3.78. The van der Waals surface area contributed by atoms with Gasteiger partial charge in [0.2, 0.25) is 0 Å². The molecule has 0 radical (unpaired) electrons. The minimum absolute atomic E-state index is 0.564. The molecule has 0 aromatic carbocycles. The Morgan fingerprint density at radius 3 is 2.81 bits per heavy atom. The van der Waals surface area contributed by atoms with E-state index in [4.69, 9.17) is 0 Å². The van der Waals surface area contributed by atoms with Crippen molar-refractivity contribution in [3.8, 4) is 0 Å². The number of nitrogens with zero attached hydrogens (tertiary/aromatic N) is 2. The zero-order valence-corrected chi connectivity index (χ0v) is 11.6. The molecule has 1 aromatic rings. The normalized spacial score (nSPS) is 22.6. The molecular formula is C13H19BrN2. The molecule has 2 rings (SSSR count). The number of piperidine rings is 1. The summed E-state index contributed by atoms with van der Waals surface area (Å²) in [4.78, 5) is 6.93. The molecule has 1 saturated heterocycles. The van der Waals surface area contributed by atoms with Crippen molar-refractivity contribution in [3.63, 3.8) is 0 Å². The van der Waals surface area contributed by atoms with Crippen LogP contribution in [0, 0.1) is 0 Å². The van der Waals surface area contributed by atoms with Gasteiger partial charge in [-0.2, -0.15) is 0 Å². The van der Waals surface area contributed by atoms with Gasteiger partial charge in [0.1, 0.15) is 4.60 Å². The predicted molar refractivity (Wildman–Crippen MR) is 70.4 cm³/mol. The van der Waals surface area contributed by atoms with E-state index in [0.29, 0.717) is 12.1 Å². The molecule has 0 bridgehead atoms. The number of rotatable bonds is 2. The summed E-state index contributed by atoms with van der Waals surface area (Å²) >= 11 is 3.39. The van der Waals surface area contributed by atoms with Crippen LogP contribution in [0.4, 0.5) is 0 Å². The first kappa shape index (κ1) is 12.1. The highest BCUT2D eigenvalue weighted by Gasteiger charge is 2.25. The maximum atomic E-state index is 4.34. The van der Waals surface area contributed by atoms with Crippen LogP contribution in [0.1, 0.15) is 44.7 Å². The Morgan fingerprint density at radius 2 is 2.19 bits per heavy atom. The Balaban J connectivity index is 2.19. The summed E-state index contributed by atoms with van der Waals surface area (Å²) < 4.78 is 0.920. The maximum absolute atomic E-state index is 4.34. The quantitative estimate of drug-likeness (QED) is 0.768. The smallest absolute Gasteiger partial charge is 0.106 e. The number of pyridine rings is 1. The highest BCUT2D eigenvalue weighted by atomic mass is 79.9. The number of hydrogen-bond donors (Lipinski definition) is 0. The van der Waals surface area contributed by atoms with Crippen LogP contribution in [-0.2, 0) is 0 Å². The van der Waals surface area contributed by atoms with Crippen LogP contribution < -0.4 is 0 Å². The SMILES string of the molecule is CC(C)N1CCCC[C@H]1c1ccc(Br)nc1. The van der Waals surface area contributed by atoms with E-state index < -0.39 is 0 Å². The molecule has 88 valence electrons. The fraction of sp³-hybridized carbons (Fsp3) is 0.615. The summed E-state index contributed by atoms with van der Waals surface area (Å²) in [6.45, 7) is 5.79. The van der Waals surface area contributed by atoms with Crippen LogP contribution in [0.3, 0.4) is 0 Å². The van der Waals surface area contributed by atoms with E-state index in [2.05, 4.69) is 45.7 Å². The van der Waals surface area contributed by atoms with E-state index in [1.165, 1.54) is 31.4 Å². The zero-order valence-electron chi connectivity index (χ0n) is 9.99. The summed E-state index contributed by atoms with van der Waals surface area (Å²) in [6, 6.07) is 5.42. The number of aromatic nitrogens is 1. The average molecular weight is 283 g/mol. The molecule has 1 aliphatic heterocycles. The van der Waals surface area contributed by atoms with Crippen molar-refractivity contribution in [1.29, 1.82) is 0 Å². The van der Waals surface area contributed by atoms with Gasteiger partial charge in [0.25, 0.3) is 0 Å². The molecule has 2 nitrogen and oxygen atoms in total. The highest BCUT2D eigenvalue weighted by molar-refractivity contribution is 9.10. The molecule has 1 atom stereocenters. The third kappa shape index (κ3) is 2.64. The van der Waals surface area contributed by atoms with Gasteiger partial charge in [-0.25, -0.2) is 4.98 Å². The van der Waals surface area contributed by atoms with Crippen molar-refractivity contribution >= 4 is 15.9 Å². The Hall–Kier alpha value is -0.410. The molecule has 0 amide bonds. The fourth-order valence-electron chi connectivity index (χ4n) is 2.51. The molecule has 0 N–H and O–H groups in total. The molecule has 0 spiro atoms. The zero-order chi connectivity index (χ0) is 11.5. The fourth-order valence-corrected chi connectivity index (χ4v) is 2.75. The van der Waals surface area contributed by atoms with Gasteiger partial charge in [-0.1, -0.05) is 12.5 Å². The van der Waals surface area contributed by atoms with Crippen LogP contribution in [0.15, 0.2) is 22.9 Å². The van der Waals surface area contributed by atoms with Gasteiger partial charge in [0.05, 0.1) is 0 Å². The van der Waals surface area contributed by atoms with Crippen molar-refractivity contribution in [1.82, 2.24) is 9.88 Å². The van der Waals surface area contributed by atoms with Gasteiger partial charge < -0.3 is 0 Å². The maximum Gasteiger partial charge on any atom is 0.106 e. The van der Waals surface area contributed by atoms with E-state index in [-0.39, 0.29) is 0 Å². The number of likely N-dealkylation sites (tertiary alicyclic amines) is 1. The minimum atomic E-state index is 0.564. The van der Waals surface area contributed by atoms with Crippen molar-refractivity contribution in [2.75, 3.05) is 6.54 Å². The average Bonchev–Trinajstić information content (AvgIpc) is 2.30. The lowest BCUT2D eigenvalue weighted by molar-refractivity contribution is 0.112. The lowest BCUT2D eigenvalue weighted by atomic mass is 9.95. The van der Waals surface area contributed by atoms with Gasteiger partial charge in [-0.05, 0) is 60.8 Å². The molecule has 1 fully saturated rings. The number of hydrogen-bond acceptors (Lipinski definition) is 2. The topological polar surface area (TPSA) is 16.1 Å². The summed E-state index contributed by atoms with van der Waals surface area (Å²) in [6.07, 6.45) is 5.94. The molecular weight excluding hydrogens is 264 g/mol. The van der Waals surface area contributed by atoms with Gasteiger partial charge >= 0.3 is 0 Å². The first-order valence-electron chi connectivity index (χ1n) is 6.05. The highest BCUT2D eigenvalue weighted by Crippen LogP contribution is 2.32. The second kappa shape index (κ2) is 5.28. The van der Waals surface area contributed by atoms with Gasteiger partial charge in [0, 0.05) is 18.3 Å². The van der Waals surface area contributed by atoms with E-state index in [1.54, 1.807) is 0 Å². The van der Waals surface area contributed by atoms with Crippen molar-refractivity contribution in [2.45, 2.75) is 45.2 Å². The monoisotopic (exact) mass is 282 g/mol. The largest absolute Gasteiger partial charge is 0.294 e. The Morgan fingerprint density at radius 1 is 1.38 bits per heavy atom. The molecule has 1 aliphatic rings. The second-order valence-electron chi connectivity index (χ2n) is 4.76. The van der Waals surface area contributed by atoms with Gasteiger partial charge in [-0.15, -0.1) is 0 Å². The molecule has 16 heavy (non-hydrogen) atoms. The van der Waals surface area contributed by atoms with E-state index in [9.17, 15) is 0 Å². The minimum Gasteiger partial charge on any atom is -0.294 e. The van der Waals surface area contributed by atoms with Crippen LogP contribution in [0.2, 0.25) is 0 Å². The summed E-state index contributed by atoms with van der Waals surface area (Å²) in [7, 11) is 0. The van der Waals surface area contributed by atoms with Crippen LogP contribution >= 0.6 is 15.9 Å². The Bertz CT molecular complexity index is 334. The van der Waals surface area contributed by atoms with E-state index >= 15 is 0 Å². The van der Waals surface area contributed by atoms with Crippen LogP contribution in [-0.4, -0.2) is 22.5 Å². The molecule has 0 saturated carbocycles. The van der Waals surface area contributed by atoms with Gasteiger partial charge in [0.15, 0.2) is 0 Å². The van der Waals surface area contributed by atoms with Gasteiger partial charge in [-0.3, -0.25) is 4.90 Å². The lowest BCUT2D eigenvalue weighted by Gasteiger charge is -2.38. The lowest BCUT2D eigenvalue weighted by Crippen LogP contribution is -2.38. The first-order chi connectivity index (χ1) is 7.68. The molecule has 2 heterocycles. The molecule has 1 aromatic heterocycles. The third-order valence-corrected chi connectivity index (χ3v) is 3.81. The first-order valence-corrected chi connectivity index (χ1v) is 6.85. The Labute approximate surface area is 106 Å². The summed E-state index contributed by atoms with van der Waals surface area (Å²) in [5.74, 6) is 0. The molecule has 0 aliphatic carbocycles. The Kier molecular flexibility index (Phi) is 3.98. The second-order valence-corrected chi connectivity index (χ2v) is 5.57. The number of halogens is 1. The third-order valence-electron chi connectivity index (χ3n) is 3.34. The van der Waals surface area contributed by atoms with Crippen molar-refractivity contribution < 1.29 is 0 Å². The summed E-state index contributed by atoms with van der Waals surface area (Å²) in [5.41, 5.74) is 1.36. The molecule has 3 heteroatoms. The van der Waals surface area contributed by atoms with Crippen LogP contribution in [0.5, 0.6) is 0 Å². The van der Waals surface area contributed by atoms with Crippen LogP contribution in [0.25, 0.3) is 0 Å².